The van der Waals surface area contributed by atoms with Gasteiger partial charge in [-0.25, -0.2) is 4.79 Å². The van der Waals surface area contributed by atoms with Gasteiger partial charge in [-0.2, -0.15) is 11.8 Å². The van der Waals surface area contributed by atoms with E-state index in [1.807, 2.05) is 44.2 Å². The molecule has 1 amide bonds. The van der Waals surface area contributed by atoms with E-state index in [0.29, 0.717) is 12.3 Å². The molecule has 0 spiro atoms. The highest BCUT2D eigenvalue weighted by Crippen LogP contribution is 2.22. The molecule has 1 aliphatic heterocycles. The summed E-state index contributed by atoms with van der Waals surface area (Å²) in [5.74, 6) is 0.323. The molecule has 0 saturated carbocycles. The Balaban J connectivity index is 2.20. The number of hydrogen-bond acceptors (Lipinski definition) is 4. The third-order valence-electron chi connectivity index (χ3n) is 4.27. The predicted octanol–water partition coefficient (Wildman–Crippen LogP) is 2.54. The van der Waals surface area contributed by atoms with Crippen LogP contribution < -0.4 is 5.32 Å². The Kier molecular flexibility index (Phi) is 6.33. The van der Waals surface area contributed by atoms with Crippen molar-refractivity contribution in [3.05, 3.63) is 30.3 Å². The van der Waals surface area contributed by atoms with Crippen molar-refractivity contribution in [2.24, 2.45) is 5.92 Å². The second-order valence-corrected chi connectivity index (χ2v) is 6.98. The largest absolute Gasteiger partial charge is 0.480 e. The maximum Gasteiger partial charge on any atom is 0.327 e. The Labute approximate surface area is 141 Å². The van der Waals surface area contributed by atoms with Gasteiger partial charge in [0, 0.05) is 23.7 Å². The van der Waals surface area contributed by atoms with Crippen LogP contribution in [0.25, 0.3) is 0 Å². The monoisotopic (exact) mass is 336 g/mol. The Hall–Kier alpha value is -1.69. The number of anilines is 1. The molecule has 0 bridgehead atoms. The van der Waals surface area contributed by atoms with Crippen LogP contribution in [0.5, 0.6) is 0 Å². The molecule has 1 aliphatic rings. The van der Waals surface area contributed by atoms with E-state index in [9.17, 15) is 14.7 Å². The van der Waals surface area contributed by atoms with Gasteiger partial charge in [0.05, 0.1) is 0 Å². The quantitative estimate of drug-likeness (QED) is 0.835. The summed E-state index contributed by atoms with van der Waals surface area (Å²) in [6.07, 6.45) is 0.844. The van der Waals surface area contributed by atoms with Crippen molar-refractivity contribution in [2.75, 3.05) is 23.4 Å². The van der Waals surface area contributed by atoms with Gasteiger partial charge in [-0.15, -0.1) is 0 Å². The van der Waals surface area contributed by atoms with Gasteiger partial charge in [0.25, 0.3) is 0 Å². The number of nitrogens with one attached hydrogen (secondary N) is 1. The molecule has 6 heteroatoms. The summed E-state index contributed by atoms with van der Waals surface area (Å²) in [5, 5.41) is 12.7. The fourth-order valence-corrected chi connectivity index (χ4v) is 3.69. The highest BCUT2D eigenvalue weighted by Gasteiger charge is 2.37. The predicted molar refractivity (Wildman–Crippen MR) is 93.8 cm³/mol. The number of thioether (sulfide) groups is 1. The molecule has 2 N–H and O–H groups in total. The van der Waals surface area contributed by atoms with Crippen molar-refractivity contribution in [3.8, 4) is 0 Å². The van der Waals surface area contributed by atoms with Crippen LogP contribution in [0.4, 0.5) is 5.69 Å². The smallest absolute Gasteiger partial charge is 0.327 e. The van der Waals surface area contributed by atoms with Gasteiger partial charge in [0.1, 0.15) is 12.1 Å². The number of aliphatic carboxylic acids is 1. The van der Waals surface area contributed by atoms with Crippen molar-refractivity contribution in [2.45, 2.75) is 32.4 Å². The lowest BCUT2D eigenvalue weighted by Crippen LogP contribution is -2.56. The molecule has 1 saturated heterocycles. The highest BCUT2D eigenvalue weighted by molar-refractivity contribution is 7.99. The van der Waals surface area contributed by atoms with Crippen LogP contribution in [0, 0.1) is 5.92 Å². The molecule has 2 rings (SSSR count). The number of rotatable bonds is 6. The normalized spacial score (nSPS) is 20.6. The van der Waals surface area contributed by atoms with E-state index in [1.165, 1.54) is 4.90 Å². The third kappa shape index (κ3) is 4.41. The number of hydrogen-bond donors (Lipinski definition) is 2. The standard InChI is InChI=1S/C17H24N2O3S/c1-3-12(2)15(18-13-7-5-4-6-8-13)16(20)19-9-10-23-11-14(19)17(21)22/h4-8,12,14-15,18H,3,9-11H2,1-2H3,(H,21,22). The first-order chi connectivity index (χ1) is 11.0. The van der Waals surface area contributed by atoms with Gasteiger partial charge in [-0.1, -0.05) is 38.5 Å². The van der Waals surface area contributed by atoms with Crippen molar-refractivity contribution in [1.82, 2.24) is 4.90 Å². The zero-order valence-corrected chi connectivity index (χ0v) is 14.4. The topological polar surface area (TPSA) is 69.6 Å². The van der Waals surface area contributed by atoms with Crippen molar-refractivity contribution < 1.29 is 14.7 Å². The average molecular weight is 336 g/mol. The Morgan fingerprint density at radius 1 is 1.39 bits per heavy atom. The number of carboxylic acid groups (broad SMARTS) is 1. The molecular weight excluding hydrogens is 312 g/mol. The third-order valence-corrected chi connectivity index (χ3v) is 5.29. The molecule has 0 aliphatic carbocycles. The summed E-state index contributed by atoms with van der Waals surface area (Å²) in [6.45, 7) is 4.55. The van der Waals surface area contributed by atoms with Crippen LogP contribution in [-0.2, 0) is 9.59 Å². The minimum Gasteiger partial charge on any atom is -0.480 e. The summed E-state index contributed by atoms with van der Waals surface area (Å²) in [6, 6.07) is 8.45. The fraction of sp³-hybridized carbons (Fsp3) is 0.529. The first-order valence-corrected chi connectivity index (χ1v) is 9.12. The number of nitrogens with zero attached hydrogens (tertiary/aromatic N) is 1. The van der Waals surface area contributed by atoms with Gasteiger partial charge in [-0.05, 0) is 18.1 Å². The van der Waals surface area contributed by atoms with Gasteiger partial charge in [-0.3, -0.25) is 4.79 Å². The lowest BCUT2D eigenvalue weighted by atomic mass is 9.96. The average Bonchev–Trinajstić information content (AvgIpc) is 2.59. The van der Waals surface area contributed by atoms with Crippen LogP contribution in [0.1, 0.15) is 20.3 Å². The van der Waals surface area contributed by atoms with E-state index in [-0.39, 0.29) is 11.8 Å². The van der Waals surface area contributed by atoms with Crippen molar-refractivity contribution in [1.29, 1.82) is 0 Å². The number of carbonyl (C=O) groups excluding carboxylic acids is 1. The number of amides is 1. The Bertz CT molecular complexity index is 538. The highest BCUT2D eigenvalue weighted by atomic mass is 32.2. The fourth-order valence-electron chi connectivity index (χ4n) is 2.65. The molecule has 3 unspecified atom stereocenters. The maximum atomic E-state index is 13.0. The number of para-hydroxylation sites is 1. The summed E-state index contributed by atoms with van der Waals surface area (Å²) in [7, 11) is 0. The summed E-state index contributed by atoms with van der Waals surface area (Å²) >= 11 is 1.59. The van der Waals surface area contributed by atoms with Crippen molar-refractivity contribution in [3.63, 3.8) is 0 Å². The van der Waals surface area contributed by atoms with E-state index in [2.05, 4.69) is 5.32 Å². The minimum absolute atomic E-state index is 0.115. The molecule has 0 radical (unpaired) electrons. The van der Waals surface area contributed by atoms with Crippen LogP contribution in [0.3, 0.4) is 0 Å². The van der Waals surface area contributed by atoms with Gasteiger partial charge in [0.2, 0.25) is 5.91 Å². The minimum atomic E-state index is -0.923. The van der Waals surface area contributed by atoms with Gasteiger partial charge in [0.15, 0.2) is 0 Å². The number of benzene rings is 1. The molecule has 3 atom stereocenters. The summed E-state index contributed by atoms with van der Waals surface area (Å²) in [5.41, 5.74) is 0.879. The van der Waals surface area contributed by atoms with E-state index >= 15 is 0 Å². The second kappa shape index (κ2) is 8.24. The SMILES string of the molecule is CCC(C)C(Nc1ccccc1)C(=O)N1CCSCC1C(=O)O. The first kappa shape index (κ1) is 17.7. The number of carbonyl (C=O) groups is 2. The number of carboxylic acids is 1. The molecule has 126 valence electrons. The van der Waals surface area contributed by atoms with E-state index in [0.717, 1.165) is 17.9 Å². The maximum absolute atomic E-state index is 13.0. The van der Waals surface area contributed by atoms with E-state index < -0.39 is 18.1 Å². The summed E-state index contributed by atoms with van der Waals surface area (Å²) in [4.78, 5) is 26.0. The first-order valence-electron chi connectivity index (χ1n) is 7.97. The zero-order valence-electron chi connectivity index (χ0n) is 13.6. The molecule has 1 aromatic rings. The lowest BCUT2D eigenvalue weighted by molar-refractivity contribution is -0.150. The van der Waals surface area contributed by atoms with Crippen molar-refractivity contribution >= 4 is 29.3 Å². The molecule has 0 aromatic heterocycles. The van der Waals surface area contributed by atoms with Crippen LogP contribution >= 0.6 is 11.8 Å². The summed E-state index contributed by atoms with van der Waals surface area (Å²) < 4.78 is 0. The van der Waals surface area contributed by atoms with Crippen LogP contribution in [0.2, 0.25) is 0 Å². The Morgan fingerprint density at radius 3 is 2.70 bits per heavy atom. The van der Waals surface area contributed by atoms with E-state index in [1.54, 1.807) is 11.8 Å². The second-order valence-electron chi connectivity index (χ2n) is 5.83. The van der Waals surface area contributed by atoms with Gasteiger partial charge >= 0.3 is 5.97 Å². The van der Waals surface area contributed by atoms with E-state index in [4.69, 9.17) is 0 Å². The molecule has 1 heterocycles. The molecule has 5 nitrogen and oxygen atoms in total. The van der Waals surface area contributed by atoms with Gasteiger partial charge < -0.3 is 15.3 Å². The lowest BCUT2D eigenvalue weighted by Gasteiger charge is -2.37. The molecule has 23 heavy (non-hydrogen) atoms. The van der Waals surface area contributed by atoms with Crippen LogP contribution in [-0.4, -0.2) is 52.0 Å². The molecular formula is C17H24N2O3S. The molecule has 1 aromatic carbocycles. The molecule has 1 fully saturated rings. The Morgan fingerprint density at radius 2 is 2.09 bits per heavy atom. The van der Waals surface area contributed by atoms with Crippen LogP contribution in [0.15, 0.2) is 30.3 Å². The zero-order chi connectivity index (χ0) is 16.8.